The van der Waals surface area contributed by atoms with Crippen molar-refractivity contribution in [2.75, 3.05) is 5.32 Å². The van der Waals surface area contributed by atoms with Gasteiger partial charge in [-0.05, 0) is 30.3 Å². The summed E-state index contributed by atoms with van der Waals surface area (Å²) in [4.78, 5) is 32.5. The van der Waals surface area contributed by atoms with Gasteiger partial charge in [0.05, 0.1) is 11.8 Å². The minimum atomic E-state index is -0.739. The summed E-state index contributed by atoms with van der Waals surface area (Å²) in [5.74, 6) is -1.15. The molecule has 0 bridgehead atoms. The Morgan fingerprint density at radius 3 is 2.69 bits per heavy atom. The van der Waals surface area contributed by atoms with E-state index in [0.29, 0.717) is 10.7 Å². The van der Waals surface area contributed by atoms with Crippen molar-refractivity contribution < 1.29 is 14.3 Å². The molecule has 1 heterocycles. The maximum Gasteiger partial charge on any atom is 0.363 e. The number of esters is 1. The summed E-state index contributed by atoms with van der Waals surface area (Å²) < 4.78 is 6.12. The topological polar surface area (TPSA) is 81.2 Å². The van der Waals surface area contributed by atoms with Crippen molar-refractivity contribution in [1.82, 2.24) is 9.97 Å². The second-order valence-corrected chi connectivity index (χ2v) is 6.44. The molecule has 26 heavy (non-hydrogen) atoms. The average molecular weight is 433 g/mol. The molecule has 3 aromatic rings. The Morgan fingerprint density at radius 2 is 1.96 bits per heavy atom. The van der Waals surface area contributed by atoms with Gasteiger partial charge in [0.2, 0.25) is 0 Å². The van der Waals surface area contributed by atoms with E-state index in [4.69, 9.17) is 16.3 Å². The van der Waals surface area contributed by atoms with E-state index < -0.39 is 11.9 Å². The first kappa shape index (κ1) is 18.0. The standard InChI is InChI=1S/C18H11BrClN3O3/c19-11-2-1-3-13(8-11)23-17(24)14-5-4-12(20)9-16(14)26-18(25)15-10-21-6-7-22-15/h1-10H,(H,23,24). The van der Waals surface area contributed by atoms with Gasteiger partial charge in [-0.25, -0.2) is 9.78 Å². The third-order valence-corrected chi connectivity index (χ3v) is 3.97. The Bertz CT molecular complexity index is 967. The van der Waals surface area contributed by atoms with Crippen molar-refractivity contribution >= 4 is 45.1 Å². The molecule has 0 aliphatic carbocycles. The van der Waals surface area contributed by atoms with Crippen molar-refractivity contribution in [3.05, 3.63) is 81.8 Å². The van der Waals surface area contributed by atoms with Gasteiger partial charge in [-0.3, -0.25) is 9.78 Å². The zero-order valence-corrected chi connectivity index (χ0v) is 15.5. The van der Waals surface area contributed by atoms with Crippen LogP contribution in [0.3, 0.4) is 0 Å². The van der Waals surface area contributed by atoms with Crippen molar-refractivity contribution in [3.63, 3.8) is 0 Å². The first-order valence-electron chi connectivity index (χ1n) is 7.37. The van der Waals surface area contributed by atoms with Gasteiger partial charge in [-0.15, -0.1) is 0 Å². The molecule has 0 aliphatic heterocycles. The van der Waals surface area contributed by atoms with E-state index in [9.17, 15) is 9.59 Å². The number of nitrogens with zero attached hydrogens (tertiary/aromatic N) is 2. The van der Waals surface area contributed by atoms with E-state index in [1.165, 1.54) is 36.8 Å². The van der Waals surface area contributed by atoms with E-state index in [-0.39, 0.29) is 17.0 Å². The first-order valence-corrected chi connectivity index (χ1v) is 8.55. The SMILES string of the molecule is O=C(Oc1cc(Cl)ccc1C(=O)Nc1cccc(Br)c1)c1cnccn1. The summed E-state index contributed by atoms with van der Waals surface area (Å²) in [5, 5.41) is 3.07. The monoisotopic (exact) mass is 431 g/mol. The molecular formula is C18H11BrClN3O3. The smallest absolute Gasteiger partial charge is 0.363 e. The van der Waals surface area contributed by atoms with Gasteiger partial charge in [0, 0.05) is 33.6 Å². The van der Waals surface area contributed by atoms with Crippen LogP contribution in [0.1, 0.15) is 20.8 Å². The predicted molar refractivity (Wildman–Crippen MR) is 101 cm³/mol. The number of carbonyl (C=O) groups excluding carboxylic acids is 2. The molecule has 1 amide bonds. The molecule has 2 aromatic carbocycles. The van der Waals surface area contributed by atoms with Crippen LogP contribution >= 0.6 is 27.5 Å². The highest BCUT2D eigenvalue weighted by atomic mass is 79.9. The maximum absolute atomic E-state index is 12.6. The van der Waals surface area contributed by atoms with Gasteiger partial charge in [0.25, 0.3) is 5.91 Å². The molecular weight excluding hydrogens is 422 g/mol. The van der Waals surface area contributed by atoms with Crippen LogP contribution in [0.15, 0.2) is 65.5 Å². The molecule has 8 heteroatoms. The molecule has 1 N–H and O–H groups in total. The van der Waals surface area contributed by atoms with Gasteiger partial charge in [0.15, 0.2) is 5.69 Å². The van der Waals surface area contributed by atoms with Gasteiger partial charge in [-0.2, -0.15) is 0 Å². The molecule has 0 radical (unpaired) electrons. The van der Waals surface area contributed by atoms with Crippen LogP contribution in [0.25, 0.3) is 0 Å². The largest absolute Gasteiger partial charge is 0.421 e. The van der Waals surface area contributed by atoms with Gasteiger partial charge >= 0.3 is 5.97 Å². The number of rotatable bonds is 4. The Hall–Kier alpha value is -2.77. The van der Waals surface area contributed by atoms with Crippen LogP contribution in [0, 0.1) is 0 Å². The van der Waals surface area contributed by atoms with Crippen LogP contribution in [-0.2, 0) is 0 Å². The van der Waals surface area contributed by atoms with Gasteiger partial charge < -0.3 is 10.1 Å². The molecule has 130 valence electrons. The molecule has 0 fully saturated rings. The highest BCUT2D eigenvalue weighted by molar-refractivity contribution is 9.10. The number of amides is 1. The number of carbonyl (C=O) groups is 2. The minimum absolute atomic E-state index is 0.0193. The van der Waals surface area contributed by atoms with Crippen LogP contribution in [0.2, 0.25) is 5.02 Å². The summed E-state index contributed by atoms with van der Waals surface area (Å²) in [6.45, 7) is 0. The van der Waals surface area contributed by atoms with Crippen LogP contribution in [0.4, 0.5) is 5.69 Å². The van der Waals surface area contributed by atoms with Crippen molar-refractivity contribution in [2.24, 2.45) is 0 Å². The fourth-order valence-electron chi connectivity index (χ4n) is 2.09. The normalized spacial score (nSPS) is 10.2. The number of ether oxygens (including phenoxy) is 1. The molecule has 6 nitrogen and oxygen atoms in total. The lowest BCUT2D eigenvalue weighted by molar-refractivity contribution is 0.0726. The van der Waals surface area contributed by atoms with Crippen LogP contribution in [0.5, 0.6) is 5.75 Å². The van der Waals surface area contributed by atoms with Crippen molar-refractivity contribution in [1.29, 1.82) is 0 Å². The maximum atomic E-state index is 12.6. The molecule has 0 atom stereocenters. The van der Waals surface area contributed by atoms with Crippen molar-refractivity contribution in [2.45, 2.75) is 0 Å². The lowest BCUT2D eigenvalue weighted by Gasteiger charge is -2.11. The van der Waals surface area contributed by atoms with Crippen LogP contribution < -0.4 is 10.1 Å². The zero-order valence-electron chi connectivity index (χ0n) is 13.1. The molecule has 1 aromatic heterocycles. The number of anilines is 1. The summed E-state index contributed by atoms with van der Waals surface area (Å²) in [5.41, 5.74) is 0.767. The Balaban J connectivity index is 1.85. The number of nitrogens with one attached hydrogen (secondary N) is 1. The van der Waals surface area contributed by atoms with Gasteiger partial charge in [-0.1, -0.05) is 33.6 Å². The molecule has 0 saturated carbocycles. The second-order valence-electron chi connectivity index (χ2n) is 5.09. The van der Waals surface area contributed by atoms with E-state index >= 15 is 0 Å². The lowest BCUT2D eigenvalue weighted by Crippen LogP contribution is -2.17. The Morgan fingerprint density at radius 1 is 1.12 bits per heavy atom. The van der Waals surface area contributed by atoms with Crippen molar-refractivity contribution in [3.8, 4) is 5.75 Å². The van der Waals surface area contributed by atoms with E-state index in [0.717, 1.165) is 4.47 Å². The fourth-order valence-corrected chi connectivity index (χ4v) is 2.65. The number of halogens is 2. The highest BCUT2D eigenvalue weighted by Gasteiger charge is 2.18. The Labute approximate surface area is 162 Å². The Kier molecular flexibility index (Phi) is 5.60. The lowest BCUT2D eigenvalue weighted by atomic mass is 10.1. The van der Waals surface area contributed by atoms with Crippen LogP contribution in [-0.4, -0.2) is 21.8 Å². The average Bonchev–Trinajstić information content (AvgIpc) is 2.62. The van der Waals surface area contributed by atoms with E-state index in [1.807, 2.05) is 6.07 Å². The van der Waals surface area contributed by atoms with E-state index in [2.05, 4.69) is 31.2 Å². The molecule has 0 unspecified atom stereocenters. The fraction of sp³-hybridized carbons (Fsp3) is 0. The molecule has 0 saturated heterocycles. The molecule has 3 rings (SSSR count). The zero-order chi connectivity index (χ0) is 18.5. The quantitative estimate of drug-likeness (QED) is 0.489. The van der Waals surface area contributed by atoms with E-state index in [1.54, 1.807) is 18.2 Å². The first-order chi connectivity index (χ1) is 12.5. The molecule has 0 aliphatic rings. The number of hydrogen-bond acceptors (Lipinski definition) is 5. The third kappa shape index (κ3) is 4.44. The third-order valence-electron chi connectivity index (χ3n) is 3.25. The minimum Gasteiger partial charge on any atom is -0.421 e. The second kappa shape index (κ2) is 8.07. The summed E-state index contributed by atoms with van der Waals surface area (Å²) in [6.07, 6.45) is 4.08. The summed E-state index contributed by atoms with van der Waals surface area (Å²) >= 11 is 9.31. The highest BCUT2D eigenvalue weighted by Crippen LogP contribution is 2.26. The summed E-state index contributed by atoms with van der Waals surface area (Å²) in [6, 6.07) is 11.5. The number of benzene rings is 2. The van der Waals surface area contributed by atoms with Gasteiger partial charge in [0.1, 0.15) is 5.75 Å². The predicted octanol–water partition coefficient (Wildman–Crippen LogP) is 4.36. The number of aromatic nitrogens is 2. The number of hydrogen-bond donors (Lipinski definition) is 1. The molecule has 0 spiro atoms. The summed E-state index contributed by atoms with van der Waals surface area (Å²) in [7, 11) is 0.